The molecule has 2 aliphatic carbocycles. The number of carbonyl (C=O) groups is 1. The molecule has 0 spiro atoms. The zero-order chi connectivity index (χ0) is 10.2. The smallest absolute Gasteiger partial charge is 0.223 e. The number of rotatable bonds is 2. The quantitative estimate of drug-likeness (QED) is 0.720. The van der Waals surface area contributed by atoms with E-state index in [4.69, 9.17) is 0 Å². The van der Waals surface area contributed by atoms with Crippen LogP contribution in [0.2, 0.25) is 0 Å². The van der Waals surface area contributed by atoms with Gasteiger partial charge in [-0.15, -0.1) is 0 Å². The van der Waals surface area contributed by atoms with Crippen molar-refractivity contribution in [2.45, 2.75) is 57.9 Å². The van der Waals surface area contributed by atoms with E-state index in [0.29, 0.717) is 17.7 Å². The van der Waals surface area contributed by atoms with Crippen molar-refractivity contribution in [3.63, 3.8) is 0 Å². The van der Waals surface area contributed by atoms with Gasteiger partial charge in [0.15, 0.2) is 0 Å². The minimum atomic E-state index is 0.161. The average molecular weight is 195 g/mol. The molecule has 14 heavy (non-hydrogen) atoms. The largest absolute Gasteiger partial charge is 0.351 e. The molecule has 0 saturated heterocycles. The second-order valence-electron chi connectivity index (χ2n) is 5.42. The molecule has 0 aromatic rings. The first-order chi connectivity index (χ1) is 6.61. The van der Waals surface area contributed by atoms with Gasteiger partial charge in [-0.05, 0) is 38.5 Å². The van der Waals surface area contributed by atoms with Gasteiger partial charge in [-0.25, -0.2) is 0 Å². The third kappa shape index (κ3) is 2.10. The average Bonchev–Trinajstić information content (AvgIpc) is 2.84. The van der Waals surface area contributed by atoms with Crippen molar-refractivity contribution in [3.05, 3.63) is 0 Å². The van der Waals surface area contributed by atoms with E-state index < -0.39 is 0 Å². The van der Waals surface area contributed by atoms with Crippen LogP contribution >= 0.6 is 0 Å². The standard InChI is InChI=1S/C12H21NO/c1-9-5-3-4-6-10(9)11(14)13-12(2)7-8-12/h9-10H,3-8H2,1-2H3,(H,13,14)/t9-,10-/m1/s1. The van der Waals surface area contributed by atoms with Crippen molar-refractivity contribution in [3.8, 4) is 0 Å². The Morgan fingerprint density at radius 3 is 2.50 bits per heavy atom. The Hall–Kier alpha value is -0.530. The lowest BCUT2D eigenvalue weighted by molar-refractivity contribution is -0.128. The normalized spacial score (nSPS) is 35.0. The van der Waals surface area contributed by atoms with Gasteiger partial charge in [0.25, 0.3) is 0 Å². The van der Waals surface area contributed by atoms with E-state index in [-0.39, 0.29) is 5.54 Å². The van der Waals surface area contributed by atoms with Crippen molar-refractivity contribution in [2.75, 3.05) is 0 Å². The molecule has 2 rings (SSSR count). The fourth-order valence-electron chi connectivity index (χ4n) is 2.41. The van der Waals surface area contributed by atoms with E-state index in [2.05, 4.69) is 19.2 Å². The van der Waals surface area contributed by atoms with E-state index >= 15 is 0 Å². The molecule has 1 N–H and O–H groups in total. The van der Waals surface area contributed by atoms with Gasteiger partial charge < -0.3 is 5.32 Å². The Morgan fingerprint density at radius 1 is 1.29 bits per heavy atom. The molecule has 0 aromatic heterocycles. The second-order valence-corrected chi connectivity index (χ2v) is 5.42. The van der Waals surface area contributed by atoms with E-state index in [1.807, 2.05) is 0 Å². The van der Waals surface area contributed by atoms with E-state index in [0.717, 1.165) is 6.42 Å². The number of nitrogens with one attached hydrogen (secondary N) is 1. The van der Waals surface area contributed by atoms with Crippen LogP contribution in [0, 0.1) is 11.8 Å². The lowest BCUT2D eigenvalue weighted by Crippen LogP contribution is -2.41. The Bertz CT molecular complexity index is 232. The minimum Gasteiger partial charge on any atom is -0.351 e. The van der Waals surface area contributed by atoms with Gasteiger partial charge in [-0.2, -0.15) is 0 Å². The SMILES string of the molecule is C[C@@H]1CCCC[C@H]1C(=O)NC1(C)CC1. The summed E-state index contributed by atoms with van der Waals surface area (Å²) in [6, 6.07) is 0. The molecular formula is C12H21NO. The van der Waals surface area contributed by atoms with E-state index in [1.165, 1.54) is 32.1 Å². The lowest BCUT2D eigenvalue weighted by atomic mass is 9.80. The van der Waals surface area contributed by atoms with E-state index in [1.54, 1.807) is 0 Å². The van der Waals surface area contributed by atoms with Crippen molar-refractivity contribution < 1.29 is 4.79 Å². The maximum absolute atomic E-state index is 12.0. The molecule has 2 saturated carbocycles. The zero-order valence-electron chi connectivity index (χ0n) is 9.31. The van der Waals surface area contributed by atoms with Crippen LogP contribution in [0.4, 0.5) is 0 Å². The van der Waals surface area contributed by atoms with Crippen molar-refractivity contribution in [2.24, 2.45) is 11.8 Å². The zero-order valence-corrected chi connectivity index (χ0v) is 9.31. The predicted octanol–water partition coefficient (Wildman–Crippen LogP) is 2.48. The molecule has 0 aliphatic heterocycles. The summed E-state index contributed by atoms with van der Waals surface area (Å²) < 4.78 is 0. The maximum atomic E-state index is 12.0. The highest BCUT2D eigenvalue weighted by Crippen LogP contribution is 2.36. The second kappa shape index (κ2) is 3.56. The third-order valence-electron chi connectivity index (χ3n) is 3.87. The van der Waals surface area contributed by atoms with Gasteiger partial charge in [-0.1, -0.05) is 19.8 Å². The van der Waals surface area contributed by atoms with Crippen LogP contribution in [0.1, 0.15) is 52.4 Å². The van der Waals surface area contributed by atoms with Crippen molar-refractivity contribution in [1.82, 2.24) is 5.32 Å². The highest BCUT2D eigenvalue weighted by atomic mass is 16.2. The molecule has 0 aromatic carbocycles. The number of amides is 1. The summed E-state index contributed by atoms with van der Waals surface area (Å²) in [6.07, 6.45) is 7.21. The minimum absolute atomic E-state index is 0.161. The van der Waals surface area contributed by atoms with Crippen LogP contribution in [-0.4, -0.2) is 11.4 Å². The fourth-order valence-corrected chi connectivity index (χ4v) is 2.41. The monoisotopic (exact) mass is 195 g/mol. The molecular weight excluding hydrogens is 174 g/mol. The van der Waals surface area contributed by atoms with E-state index in [9.17, 15) is 4.79 Å². The summed E-state index contributed by atoms with van der Waals surface area (Å²) in [5, 5.41) is 3.19. The predicted molar refractivity (Wildman–Crippen MR) is 56.9 cm³/mol. The van der Waals surface area contributed by atoms with Crippen LogP contribution in [0.25, 0.3) is 0 Å². The number of hydrogen-bond donors (Lipinski definition) is 1. The van der Waals surface area contributed by atoms with Gasteiger partial charge >= 0.3 is 0 Å². The van der Waals surface area contributed by atoms with Gasteiger partial charge in [-0.3, -0.25) is 4.79 Å². The van der Waals surface area contributed by atoms with Gasteiger partial charge in [0.05, 0.1) is 0 Å². The molecule has 2 aliphatic rings. The van der Waals surface area contributed by atoms with Gasteiger partial charge in [0.1, 0.15) is 0 Å². The Kier molecular flexibility index (Phi) is 2.54. The highest BCUT2D eigenvalue weighted by Gasteiger charge is 2.40. The van der Waals surface area contributed by atoms with Crippen LogP contribution in [0.3, 0.4) is 0 Å². The Morgan fingerprint density at radius 2 is 1.93 bits per heavy atom. The maximum Gasteiger partial charge on any atom is 0.223 e. The Labute approximate surface area is 86.5 Å². The summed E-state index contributed by atoms with van der Waals surface area (Å²) in [4.78, 5) is 12.0. The molecule has 2 heteroatoms. The highest BCUT2D eigenvalue weighted by molar-refractivity contribution is 5.80. The number of carbonyl (C=O) groups excluding carboxylic acids is 1. The van der Waals surface area contributed by atoms with Crippen LogP contribution in [-0.2, 0) is 4.79 Å². The first-order valence-electron chi connectivity index (χ1n) is 5.93. The topological polar surface area (TPSA) is 29.1 Å². The first-order valence-corrected chi connectivity index (χ1v) is 5.93. The number of hydrogen-bond acceptors (Lipinski definition) is 1. The molecule has 0 unspecified atom stereocenters. The van der Waals surface area contributed by atoms with Crippen LogP contribution in [0.5, 0.6) is 0 Å². The molecule has 0 bridgehead atoms. The van der Waals surface area contributed by atoms with Crippen LogP contribution in [0.15, 0.2) is 0 Å². The molecule has 0 radical (unpaired) electrons. The molecule has 2 fully saturated rings. The molecule has 80 valence electrons. The summed E-state index contributed by atoms with van der Waals surface area (Å²) in [7, 11) is 0. The fraction of sp³-hybridized carbons (Fsp3) is 0.917. The summed E-state index contributed by atoms with van der Waals surface area (Å²) in [5.74, 6) is 1.20. The molecule has 1 amide bonds. The lowest BCUT2D eigenvalue weighted by Gasteiger charge is -2.28. The molecule has 2 nitrogen and oxygen atoms in total. The van der Waals surface area contributed by atoms with Gasteiger partial charge in [0, 0.05) is 11.5 Å². The summed E-state index contributed by atoms with van der Waals surface area (Å²) in [5.41, 5.74) is 0.161. The summed E-state index contributed by atoms with van der Waals surface area (Å²) in [6.45, 7) is 4.37. The summed E-state index contributed by atoms with van der Waals surface area (Å²) >= 11 is 0. The third-order valence-corrected chi connectivity index (χ3v) is 3.87. The van der Waals surface area contributed by atoms with Crippen LogP contribution < -0.4 is 5.32 Å². The Balaban J connectivity index is 1.89. The first kappa shape index (κ1) is 10.0. The van der Waals surface area contributed by atoms with Crippen molar-refractivity contribution in [1.29, 1.82) is 0 Å². The van der Waals surface area contributed by atoms with Crippen molar-refractivity contribution >= 4 is 5.91 Å². The molecule has 2 atom stereocenters. The molecule has 0 heterocycles. The van der Waals surface area contributed by atoms with Gasteiger partial charge in [0.2, 0.25) is 5.91 Å².